The standard InChI is InChI=1S/C12H21NO8/c1-3-5-13(12(20)21-4-2)11(19)10(18)9(17)8(16)7(15)6-14/h3,7-10,14-18H,1,4-6H2,2H3/t7-,8-,9+,10-/m1/s1. The van der Waals surface area contributed by atoms with Crippen LogP contribution in [0, 0.1) is 0 Å². The maximum atomic E-state index is 11.9. The zero-order valence-electron chi connectivity index (χ0n) is 11.6. The highest BCUT2D eigenvalue weighted by molar-refractivity contribution is 5.94. The molecule has 0 aromatic heterocycles. The molecule has 21 heavy (non-hydrogen) atoms. The Balaban J connectivity index is 4.99. The third-order valence-electron chi connectivity index (χ3n) is 2.57. The molecule has 0 fully saturated rings. The summed E-state index contributed by atoms with van der Waals surface area (Å²) in [7, 11) is 0. The lowest BCUT2D eigenvalue weighted by atomic mass is 10.0. The van der Waals surface area contributed by atoms with Crippen LogP contribution in [0.3, 0.4) is 0 Å². The SMILES string of the molecule is C=CCN(C(=O)OCC)C(=O)[C@H](O)[C@@H](O)[C@H](O)[C@H](O)CO. The van der Waals surface area contributed by atoms with E-state index in [2.05, 4.69) is 11.3 Å². The largest absolute Gasteiger partial charge is 0.449 e. The Bertz CT molecular complexity index is 361. The molecule has 0 spiro atoms. The summed E-state index contributed by atoms with van der Waals surface area (Å²) >= 11 is 0. The lowest BCUT2D eigenvalue weighted by molar-refractivity contribution is -0.156. The van der Waals surface area contributed by atoms with Crippen LogP contribution < -0.4 is 0 Å². The molecule has 0 aliphatic heterocycles. The van der Waals surface area contributed by atoms with Crippen molar-refractivity contribution in [1.29, 1.82) is 0 Å². The van der Waals surface area contributed by atoms with Crippen LogP contribution in [0.1, 0.15) is 6.92 Å². The second-order valence-electron chi connectivity index (χ2n) is 4.11. The molecule has 0 bridgehead atoms. The normalized spacial score (nSPS) is 16.5. The number of hydrogen-bond donors (Lipinski definition) is 5. The van der Waals surface area contributed by atoms with E-state index in [1.54, 1.807) is 0 Å². The molecule has 0 aliphatic carbocycles. The zero-order valence-corrected chi connectivity index (χ0v) is 11.6. The van der Waals surface area contributed by atoms with Crippen molar-refractivity contribution in [1.82, 2.24) is 4.90 Å². The van der Waals surface area contributed by atoms with Gasteiger partial charge in [-0.2, -0.15) is 0 Å². The van der Waals surface area contributed by atoms with Crippen molar-refractivity contribution < 1.29 is 39.9 Å². The topological polar surface area (TPSA) is 148 Å². The number of nitrogens with zero attached hydrogens (tertiary/aromatic N) is 1. The lowest BCUT2D eigenvalue weighted by Gasteiger charge is -2.28. The monoisotopic (exact) mass is 307 g/mol. The van der Waals surface area contributed by atoms with Gasteiger partial charge in [0.2, 0.25) is 0 Å². The van der Waals surface area contributed by atoms with Crippen LogP contribution in [0.4, 0.5) is 4.79 Å². The van der Waals surface area contributed by atoms with Gasteiger partial charge in [0.25, 0.3) is 5.91 Å². The zero-order chi connectivity index (χ0) is 16.6. The molecule has 0 rings (SSSR count). The molecule has 4 atom stereocenters. The predicted molar refractivity (Wildman–Crippen MR) is 70.0 cm³/mol. The number of aliphatic hydroxyl groups excluding tert-OH is 5. The summed E-state index contributed by atoms with van der Waals surface area (Å²) in [4.78, 5) is 24.0. The Morgan fingerprint density at radius 2 is 1.81 bits per heavy atom. The van der Waals surface area contributed by atoms with Crippen LogP contribution >= 0.6 is 0 Å². The van der Waals surface area contributed by atoms with Crippen molar-refractivity contribution in [3.8, 4) is 0 Å². The first-order valence-corrected chi connectivity index (χ1v) is 6.23. The number of ether oxygens (including phenoxy) is 1. The average molecular weight is 307 g/mol. The fourth-order valence-electron chi connectivity index (χ4n) is 1.41. The van der Waals surface area contributed by atoms with Crippen LogP contribution in [0.5, 0.6) is 0 Å². The van der Waals surface area contributed by atoms with Gasteiger partial charge in [0.15, 0.2) is 6.10 Å². The van der Waals surface area contributed by atoms with Crippen molar-refractivity contribution in [3.05, 3.63) is 12.7 Å². The van der Waals surface area contributed by atoms with E-state index in [1.807, 2.05) is 0 Å². The van der Waals surface area contributed by atoms with Gasteiger partial charge in [0.1, 0.15) is 18.3 Å². The van der Waals surface area contributed by atoms with Gasteiger partial charge < -0.3 is 30.3 Å². The average Bonchev–Trinajstić information content (AvgIpc) is 2.48. The minimum Gasteiger partial charge on any atom is -0.449 e. The van der Waals surface area contributed by atoms with Crippen LogP contribution in [-0.2, 0) is 9.53 Å². The molecule has 0 heterocycles. The summed E-state index contributed by atoms with van der Waals surface area (Å²) in [5, 5.41) is 46.5. The van der Waals surface area contributed by atoms with Gasteiger partial charge in [-0.15, -0.1) is 6.58 Å². The maximum absolute atomic E-state index is 11.9. The van der Waals surface area contributed by atoms with E-state index in [0.29, 0.717) is 4.90 Å². The Labute approximate surface area is 121 Å². The minimum absolute atomic E-state index is 0.00967. The number of aliphatic hydroxyl groups is 5. The van der Waals surface area contributed by atoms with Crippen molar-refractivity contribution in [3.63, 3.8) is 0 Å². The van der Waals surface area contributed by atoms with E-state index in [9.17, 15) is 24.9 Å². The van der Waals surface area contributed by atoms with E-state index >= 15 is 0 Å². The summed E-state index contributed by atoms with van der Waals surface area (Å²) < 4.78 is 4.61. The Hall–Kier alpha value is -1.52. The van der Waals surface area contributed by atoms with Gasteiger partial charge in [0, 0.05) is 6.54 Å². The summed E-state index contributed by atoms with van der Waals surface area (Å²) in [5.74, 6) is -1.23. The number of rotatable bonds is 8. The first-order chi connectivity index (χ1) is 9.81. The van der Waals surface area contributed by atoms with E-state index < -0.39 is 43.0 Å². The number of imide groups is 1. The van der Waals surface area contributed by atoms with Crippen molar-refractivity contribution >= 4 is 12.0 Å². The van der Waals surface area contributed by atoms with Crippen LogP contribution in [0.15, 0.2) is 12.7 Å². The molecule has 0 aromatic carbocycles. The predicted octanol–water partition coefficient (Wildman–Crippen LogP) is -2.41. The first kappa shape index (κ1) is 19.5. The number of hydrogen-bond acceptors (Lipinski definition) is 8. The highest BCUT2D eigenvalue weighted by Gasteiger charge is 2.38. The summed E-state index contributed by atoms with van der Waals surface area (Å²) in [6.07, 6.45) is -7.86. The molecule has 0 aliphatic rings. The number of amides is 2. The fraction of sp³-hybridized carbons (Fsp3) is 0.667. The fourth-order valence-corrected chi connectivity index (χ4v) is 1.41. The Morgan fingerprint density at radius 3 is 2.24 bits per heavy atom. The van der Waals surface area contributed by atoms with Crippen molar-refractivity contribution in [2.75, 3.05) is 19.8 Å². The van der Waals surface area contributed by atoms with Gasteiger partial charge >= 0.3 is 6.09 Å². The third kappa shape index (κ3) is 5.40. The molecule has 2 amide bonds. The Kier molecular flexibility index (Phi) is 8.74. The van der Waals surface area contributed by atoms with Gasteiger partial charge in [-0.25, -0.2) is 9.69 Å². The van der Waals surface area contributed by atoms with Gasteiger partial charge in [-0.05, 0) is 6.92 Å². The number of carbonyl (C=O) groups excluding carboxylic acids is 2. The van der Waals surface area contributed by atoms with Gasteiger partial charge in [-0.1, -0.05) is 6.08 Å². The van der Waals surface area contributed by atoms with Crippen LogP contribution in [0.25, 0.3) is 0 Å². The van der Waals surface area contributed by atoms with Gasteiger partial charge in [0.05, 0.1) is 13.2 Å². The smallest absolute Gasteiger partial charge is 0.416 e. The summed E-state index contributed by atoms with van der Waals surface area (Å²) in [6, 6.07) is 0. The number of carbonyl (C=O) groups is 2. The summed E-state index contributed by atoms with van der Waals surface area (Å²) in [5.41, 5.74) is 0. The molecule has 9 heteroatoms. The second-order valence-corrected chi connectivity index (χ2v) is 4.11. The molecule has 122 valence electrons. The van der Waals surface area contributed by atoms with Crippen LogP contribution in [0.2, 0.25) is 0 Å². The molecule has 0 saturated carbocycles. The highest BCUT2D eigenvalue weighted by atomic mass is 16.6. The highest BCUT2D eigenvalue weighted by Crippen LogP contribution is 2.09. The quantitative estimate of drug-likeness (QED) is 0.312. The second kappa shape index (κ2) is 9.42. The maximum Gasteiger partial charge on any atom is 0.416 e. The molecule has 9 nitrogen and oxygen atoms in total. The molecular formula is C12H21NO8. The Morgan fingerprint density at radius 1 is 1.24 bits per heavy atom. The molecule has 0 unspecified atom stereocenters. The molecular weight excluding hydrogens is 286 g/mol. The summed E-state index contributed by atoms with van der Waals surface area (Å²) in [6.45, 7) is 3.68. The van der Waals surface area contributed by atoms with Crippen LogP contribution in [-0.4, -0.2) is 86.6 Å². The van der Waals surface area contributed by atoms with E-state index in [4.69, 9.17) is 10.2 Å². The molecule has 0 radical (unpaired) electrons. The third-order valence-corrected chi connectivity index (χ3v) is 2.57. The molecule has 5 N–H and O–H groups in total. The first-order valence-electron chi connectivity index (χ1n) is 6.23. The minimum atomic E-state index is -2.19. The van der Waals surface area contributed by atoms with E-state index in [1.165, 1.54) is 13.0 Å². The van der Waals surface area contributed by atoms with Crippen molar-refractivity contribution in [2.24, 2.45) is 0 Å². The lowest BCUT2D eigenvalue weighted by Crippen LogP contribution is -2.53. The molecule has 0 saturated heterocycles. The van der Waals surface area contributed by atoms with E-state index in [0.717, 1.165) is 0 Å². The molecule has 0 aromatic rings. The van der Waals surface area contributed by atoms with E-state index in [-0.39, 0.29) is 13.2 Å². The van der Waals surface area contributed by atoms with Gasteiger partial charge in [-0.3, -0.25) is 4.79 Å². The van der Waals surface area contributed by atoms with Crippen molar-refractivity contribution in [2.45, 2.75) is 31.3 Å².